The summed E-state index contributed by atoms with van der Waals surface area (Å²) in [4.78, 5) is 0. The summed E-state index contributed by atoms with van der Waals surface area (Å²) >= 11 is 0. The molecule has 0 aromatic heterocycles. The summed E-state index contributed by atoms with van der Waals surface area (Å²) in [6, 6.07) is 0. The molecule has 0 amide bonds. The number of nitrogens with two attached hydrogens (primary N) is 1. The summed E-state index contributed by atoms with van der Waals surface area (Å²) in [5.74, 6) is 1.32. The van der Waals surface area contributed by atoms with Gasteiger partial charge in [0.2, 0.25) is 0 Å². The monoisotopic (exact) mass is 227 g/mol. The molecular weight excluding hydrogens is 202 g/mol. The summed E-state index contributed by atoms with van der Waals surface area (Å²) < 4.78 is 0. The number of oxime groups is 1. The maximum atomic E-state index is 8.34. The first kappa shape index (κ1) is 13.3. The second-order valence-electron chi connectivity index (χ2n) is 4.74. The summed E-state index contributed by atoms with van der Waals surface area (Å²) in [7, 11) is 0. The maximum Gasteiger partial charge on any atom is 0.139 e. The van der Waals surface area contributed by atoms with Crippen LogP contribution in [0.2, 0.25) is 0 Å². The fourth-order valence-corrected chi connectivity index (χ4v) is 2.34. The van der Waals surface area contributed by atoms with Gasteiger partial charge in [0, 0.05) is 6.42 Å². The summed E-state index contributed by atoms with van der Waals surface area (Å²) in [6.07, 6.45) is 9.86. The van der Waals surface area contributed by atoms with E-state index in [9.17, 15) is 0 Å². The topological polar surface area (TPSA) is 70.6 Å². The molecule has 0 spiro atoms. The molecule has 0 heterocycles. The van der Waals surface area contributed by atoms with E-state index in [0.717, 1.165) is 31.8 Å². The van der Waals surface area contributed by atoms with Crippen molar-refractivity contribution >= 4 is 5.84 Å². The van der Waals surface area contributed by atoms with Gasteiger partial charge < -0.3 is 16.3 Å². The van der Waals surface area contributed by atoms with Gasteiger partial charge in [-0.05, 0) is 38.3 Å². The van der Waals surface area contributed by atoms with Crippen LogP contribution < -0.4 is 11.1 Å². The molecular formula is C12H25N3O. The van der Waals surface area contributed by atoms with Gasteiger partial charge in [0.15, 0.2) is 0 Å². The average molecular weight is 227 g/mol. The number of hydrogen-bond donors (Lipinski definition) is 3. The van der Waals surface area contributed by atoms with Gasteiger partial charge in [0.1, 0.15) is 5.84 Å². The highest BCUT2D eigenvalue weighted by atomic mass is 16.4. The molecule has 0 saturated heterocycles. The summed E-state index contributed by atoms with van der Waals surface area (Å²) in [5, 5.41) is 14.8. The van der Waals surface area contributed by atoms with Gasteiger partial charge in [-0.1, -0.05) is 30.8 Å². The Morgan fingerprint density at radius 1 is 1.25 bits per heavy atom. The molecule has 0 atom stereocenters. The Morgan fingerprint density at radius 2 is 2.00 bits per heavy atom. The second-order valence-corrected chi connectivity index (χ2v) is 4.74. The van der Waals surface area contributed by atoms with E-state index in [-0.39, 0.29) is 0 Å². The summed E-state index contributed by atoms with van der Waals surface area (Å²) in [6.45, 7) is 2.19. The van der Waals surface area contributed by atoms with Crippen molar-refractivity contribution in [1.29, 1.82) is 0 Å². The van der Waals surface area contributed by atoms with E-state index < -0.39 is 0 Å². The van der Waals surface area contributed by atoms with E-state index in [4.69, 9.17) is 10.9 Å². The highest BCUT2D eigenvalue weighted by Crippen LogP contribution is 2.26. The van der Waals surface area contributed by atoms with Crippen LogP contribution in [0, 0.1) is 5.92 Å². The Morgan fingerprint density at radius 3 is 2.69 bits per heavy atom. The Kier molecular flexibility index (Phi) is 6.97. The molecule has 1 saturated carbocycles. The molecule has 0 radical (unpaired) electrons. The van der Waals surface area contributed by atoms with Crippen LogP contribution in [-0.2, 0) is 0 Å². The van der Waals surface area contributed by atoms with Crippen LogP contribution in [0.1, 0.15) is 51.4 Å². The van der Waals surface area contributed by atoms with Crippen molar-refractivity contribution in [1.82, 2.24) is 5.32 Å². The molecule has 0 aromatic rings. The molecule has 4 N–H and O–H groups in total. The molecule has 1 aliphatic rings. The second kappa shape index (κ2) is 8.39. The standard InChI is InChI=1S/C12H25N3O/c13-12(15-16)7-3-4-9-14-10-8-11-5-1-2-6-11/h11,14,16H,1-10H2,(H2,13,15). The van der Waals surface area contributed by atoms with Gasteiger partial charge in [-0.25, -0.2) is 0 Å². The molecule has 94 valence electrons. The van der Waals surface area contributed by atoms with Crippen molar-refractivity contribution in [2.24, 2.45) is 16.8 Å². The first-order valence-electron chi connectivity index (χ1n) is 6.50. The van der Waals surface area contributed by atoms with E-state index >= 15 is 0 Å². The molecule has 0 unspecified atom stereocenters. The Bertz CT molecular complexity index is 200. The molecule has 1 rings (SSSR count). The summed E-state index contributed by atoms with van der Waals surface area (Å²) in [5.41, 5.74) is 5.38. The predicted octanol–water partition coefficient (Wildman–Crippen LogP) is 2.07. The predicted molar refractivity (Wildman–Crippen MR) is 66.7 cm³/mol. The molecule has 1 aliphatic carbocycles. The number of hydrogen-bond acceptors (Lipinski definition) is 3. The number of nitrogens with one attached hydrogen (secondary N) is 1. The van der Waals surface area contributed by atoms with Crippen molar-refractivity contribution in [3.63, 3.8) is 0 Å². The largest absolute Gasteiger partial charge is 0.409 e. The Hall–Kier alpha value is -0.770. The van der Waals surface area contributed by atoms with Crippen LogP contribution in [0.5, 0.6) is 0 Å². The SMILES string of the molecule is NC(CCCCNCCC1CCCC1)=NO. The minimum absolute atomic E-state index is 0.339. The van der Waals surface area contributed by atoms with Gasteiger partial charge in [-0.2, -0.15) is 0 Å². The van der Waals surface area contributed by atoms with E-state index in [1.54, 1.807) is 0 Å². The lowest BCUT2D eigenvalue weighted by Crippen LogP contribution is -2.19. The molecule has 4 heteroatoms. The average Bonchev–Trinajstić information content (AvgIpc) is 2.80. The van der Waals surface area contributed by atoms with Gasteiger partial charge in [0.05, 0.1) is 0 Å². The highest BCUT2D eigenvalue weighted by molar-refractivity contribution is 5.79. The third kappa shape index (κ3) is 5.95. The van der Waals surface area contributed by atoms with Gasteiger partial charge in [0.25, 0.3) is 0 Å². The third-order valence-electron chi connectivity index (χ3n) is 3.37. The van der Waals surface area contributed by atoms with Crippen LogP contribution in [-0.4, -0.2) is 24.1 Å². The molecule has 16 heavy (non-hydrogen) atoms. The lowest BCUT2D eigenvalue weighted by atomic mass is 10.0. The van der Waals surface area contributed by atoms with Crippen LogP contribution in [0.25, 0.3) is 0 Å². The highest BCUT2D eigenvalue weighted by Gasteiger charge is 2.13. The smallest absolute Gasteiger partial charge is 0.139 e. The van der Waals surface area contributed by atoms with E-state index in [0.29, 0.717) is 12.3 Å². The maximum absolute atomic E-state index is 8.34. The molecule has 4 nitrogen and oxygen atoms in total. The molecule has 0 aliphatic heterocycles. The zero-order valence-electron chi connectivity index (χ0n) is 10.1. The number of unbranched alkanes of at least 4 members (excludes halogenated alkanes) is 1. The van der Waals surface area contributed by atoms with Crippen LogP contribution in [0.15, 0.2) is 5.16 Å². The zero-order chi connectivity index (χ0) is 11.6. The Labute approximate surface area is 98.3 Å². The number of nitrogens with zero attached hydrogens (tertiary/aromatic N) is 1. The molecule has 1 fully saturated rings. The third-order valence-corrected chi connectivity index (χ3v) is 3.37. The fraction of sp³-hybridized carbons (Fsp3) is 0.917. The van der Waals surface area contributed by atoms with Gasteiger partial charge in [-0.3, -0.25) is 0 Å². The van der Waals surface area contributed by atoms with Gasteiger partial charge >= 0.3 is 0 Å². The van der Waals surface area contributed by atoms with E-state index in [1.807, 2.05) is 0 Å². The van der Waals surface area contributed by atoms with E-state index in [2.05, 4.69) is 10.5 Å². The first-order chi connectivity index (χ1) is 7.83. The van der Waals surface area contributed by atoms with Crippen molar-refractivity contribution in [3.8, 4) is 0 Å². The lowest BCUT2D eigenvalue weighted by Gasteiger charge is -2.09. The zero-order valence-corrected chi connectivity index (χ0v) is 10.1. The normalized spacial score (nSPS) is 18.1. The lowest BCUT2D eigenvalue weighted by molar-refractivity contribution is 0.316. The van der Waals surface area contributed by atoms with Crippen LogP contribution in [0.4, 0.5) is 0 Å². The fourth-order valence-electron chi connectivity index (χ4n) is 2.34. The van der Waals surface area contributed by atoms with Crippen molar-refractivity contribution < 1.29 is 5.21 Å². The van der Waals surface area contributed by atoms with E-state index in [1.165, 1.54) is 32.1 Å². The number of amidine groups is 1. The van der Waals surface area contributed by atoms with Crippen molar-refractivity contribution in [3.05, 3.63) is 0 Å². The molecule has 0 bridgehead atoms. The molecule has 0 aromatic carbocycles. The quantitative estimate of drug-likeness (QED) is 0.195. The minimum atomic E-state index is 0.339. The minimum Gasteiger partial charge on any atom is -0.409 e. The van der Waals surface area contributed by atoms with Crippen LogP contribution in [0.3, 0.4) is 0 Å². The van der Waals surface area contributed by atoms with Crippen molar-refractivity contribution in [2.75, 3.05) is 13.1 Å². The van der Waals surface area contributed by atoms with Crippen LogP contribution >= 0.6 is 0 Å². The van der Waals surface area contributed by atoms with Gasteiger partial charge in [-0.15, -0.1) is 0 Å². The first-order valence-corrected chi connectivity index (χ1v) is 6.50. The van der Waals surface area contributed by atoms with Crippen molar-refractivity contribution in [2.45, 2.75) is 51.4 Å². The Balaban J connectivity index is 1.81. The number of rotatable bonds is 8.